The molecule has 1 aromatic heterocycles. The van der Waals surface area contributed by atoms with Gasteiger partial charge in [-0.1, -0.05) is 47.6 Å². The molecular formula is C21H23N3O2. The number of hydrogen-bond donors (Lipinski definition) is 1. The first-order valence-electron chi connectivity index (χ1n) is 9.07. The van der Waals surface area contributed by atoms with Crippen LogP contribution >= 0.6 is 0 Å². The summed E-state index contributed by atoms with van der Waals surface area (Å²) in [5.41, 5.74) is 4.82. The second-order valence-electron chi connectivity index (χ2n) is 6.78. The van der Waals surface area contributed by atoms with Crippen LogP contribution in [0.2, 0.25) is 0 Å². The molecule has 0 fully saturated rings. The molecule has 26 heavy (non-hydrogen) atoms. The molecule has 0 saturated carbocycles. The van der Waals surface area contributed by atoms with Crippen molar-refractivity contribution in [2.45, 2.75) is 32.4 Å². The van der Waals surface area contributed by atoms with Crippen LogP contribution in [0.5, 0.6) is 0 Å². The van der Waals surface area contributed by atoms with E-state index in [4.69, 9.17) is 4.52 Å². The molecule has 0 bridgehead atoms. The Bertz CT molecular complexity index is 890. The second-order valence-corrected chi connectivity index (χ2v) is 6.78. The Balaban J connectivity index is 1.56. The first-order chi connectivity index (χ1) is 12.8. The topological polar surface area (TPSA) is 62.4 Å². The smallest absolute Gasteiger partial charge is 0.258 e. The average molecular weight is 349 g/mol. The number of fused-ring (bicyclic) bond motifs is 1. The number of nitrogens with zero attached hydrogens (tertiary/aromatic N) is 3. The minimum Gasteiger partial charge on any atom is -0.395 e. The first kappa shape index (κ1) is 16.9. The third kappa shape index (κ3) is 3.28. The highest BCUT2D eigenvalue weighted by atomic mass is 16.5. The van der Waals surface area contributed by atoms with E-state index in [0.717, 1.165) is 24.0 Å². The molecule has 134 valence electrons. The van der Waals surface area contributed by atoms with E-state index >= 15 is 0 Å². The molecule has 5 nitrogen and oxygen atoms in total. The number of aromatic nitrogens is 2. The van der Waals surface area contributed by atoms with Gasteiger partial charge in [-0.3, -0.25) is 4.90 Å². The number of rotatable bonds is 6. The zero-order valence-electron chi connectivity index (χ0n) is 14.9. The lowest BCUT2D eigenvalue weighted by atomic mass is 10.1. The molecule has 1 heterocycles. The molecule has 1 aliphatic rings. The van der Waals surface area contributed by atoms with E-state index in [2.05, 4.69) is 39.3 Å². The van der Waals surface area contributed by atoms with E-state index in [9.17, 15) is 5.11 Å². The molecule has 2 aromatic carbocycles. The third-order valence-corrected chi connectivity index (χ3v) is 5.12. The van der Waals surface area contributed by atoms with Crippen molar-refractivity contribution < 1.29 is 9.63 Å². The predicted octanol–water partition coefficient (Wildman–Crippen LogP) is 3.53. The SMILES string of the molecule is Cc1ccccc1-c1nc(CN(CCO)C2CCc3ccccc32)no1. The molecule has 0 aliphatic heterocycles. The summed E-state index contributed by atoms with van der Waals surface area (Å²) >= 11 is 0. The van der Waals surface area contributed by atoms with E-state index in [0.29, 0.717) is 30.8 Å². The van der Waals surface area contributed by atoms with Crippen molar-refractivity contribution in [2.75, 3.05) is 13.2 Å². The molecule has 1 N–H and O–H groups in total. The molecule has 0 spiro atoms. The molecule has 1 aliphatic carbocycles. The van der Waals surface area contributed by atoms with Crippen molar-refractivity contribution >= 4 is 0 Å². The summed E-state index contributed by atoms with van der Waals surface area (Å²) in [7, 11) is 0. The van der Waals surface area contributed by atoms with E-state index < -0.39 is 0 Å². The predicted molar refractivity (Wildman–Crippen MR) is 99.5 cm³/mol. The van der Waals surface area contributed by atoms with Gasteiger partial charge >= 0.3 is 0 Å². The van der Waals surface area contributed by atoms with Crippen molar-refractivity contribution in [1.29, 1.82) is 0 Å². The maximum absolute atomic E-state index is 9.54. The number of aliphatic hydroxyl groups excluding tert-OH is 1. The Morgan fingerprint density at radius 3 is 2.81 bits per heavy atom. The number of aryl methyl sites for hydroxylation is 2. The molecule has 0 amide bonds. The molecule has 4 rings (SSSR count). The molecule has 1 unspecified atom stereocenters. The Morgan fingerprint density at radius 2 is 1.96 bits per heavy atom. The van der Waals surface area contributed by atoms with Gasteiger partial charge in [0.15, 0.2) is 5.82 Å². The van der Waals surface area contributed by atoms with Gasteiger partial charge in [-0.15, -0.1) is 0 Å². The largest absolute Gasteiger partial charge is 0.395 e. The number of hydrogen-bond acceptors (Lipinski definition) is 5. The van der Waals surface area contributed by atoms with Crippen LogP contribution in [0.3, 0.4) is 0 Å². The zero-order valence-corrected chi connectivity index (χ0v) is 14.9. The fourth-order valence-corrected chi connectivity index (χ4v) is 3.81. The van der Waals surface area contributed by atoms with Gasteiger partial charge in [0, 0.05) is 18.2 Å². The molecule has 3 aromatic rings. The van der Waals surface area contributed by atoms with Gasteiger partial charge in [-0.25, -0.2) is 0 Å². The van der Waals surface area contributed by atoms with Gasteiger partial charge in [0.25, 0.3) is 5.89 Å². The standard InChI is InChI=1S/C21H23N3O2/c1-15-6-2-4-8-17(15)21-22-20(23-26-21)14-24(12-13-25)19-11-10-16-7-3-5-9-18(16)19/h2-9,19,25H,10-14H2,1H3. The van der Waals surface area contributed by atoms with E-state index in [-0.39, 0.29) is 6.61 Å². The van der Waals surface area contributed by atoms with E-state index in [1.54, 1.807) is 0 Å². The van der Waals surface area contributed by atoms with Crippen molar-refractivity contribution in [1.82, 2.24) is 15.0 Å². The Labute approximate surface area is 153 Å². The van der Waals surface area contributed by atoms with Gasteiger partial charge in [-0.05, 0) is 42.5 Å². The van der Waals surface area contributed by atoms with Crippen molar-refractivity contribution in [2.24, 2.45) is 0 Å². The first-order valence-corrected chi connectivity index (χ1v) is 9.07. The van der Waals surface area contributed by atoms with Crippen LogP contribution in [0, 0.1) is 6.92 Å². The van der Waals surface area contributed by atoms with Gasteiger partial charge < -0.3 is 9.63 Å². The minimum atomic E-state index is 0.112. The lowest BCUT2D eigenvalue weighted by Crippen LogP contribution is -2.30. The summed E-state index contributed by atoms with van der Waals surface area (Å²) in [5.74, 6) is 1.20. The van der Waals surface area contributed by atoms with Gasteiger partial charge in [0.2, 0.25) is 0 Å². The summed E-state index contributed by atoms with van der Waals surface area (Å²) in [6.45, 7) is 3.30. The lowest BCUT2D eigenvalue weighted by molar-refractivity contribution is 0.138. The highest BCUT2D eigenvalue weighted by Crippen LogP contribution is 2.36. The average Bonchev–Trinajstić information content (AvgIpc) is 3.29. The molecule has 0 radical (unpaired) electrons. The fourth-order valence-electron chi connectivity index (χ4n) is 3.81. The fraction of sp³-hybridized carbons (Fsp3) is 0.333. The number of aliphatic hydroxyl groups is 1. The van der Waals surface area contributed by atoms with Crippen LogP contribution < -0.4 is 0 Å². The second kappa shape index (κ2) is 7.40. The quantitative estimate of drug-likeness (QED) is 0.738. The monoisotopic (exact) mass is 349 g/mol. The Kier molecular flexibility index (Phi) is 4.82. The lowest BCUT2D eigenvalue weighted by Gasteiger charge is -2.27. The summed E-state index contributed by atoms with van der Waals surface area (Å²) in [6, 6.07) is 16.8. The van der Waals surface area contributed by atoms with Crippen LogP contribution in [0.1, 0.15) is 35.0 Å². The zero-order chi connectivity index (χ0) is 17.9. The van der Waals surface area contributed by atoms with E-state index in [1.807, 2.05) is 31.2 Å². The summed E-state index contributed by atoms with van der Waals surface area (Å²) in [5, 5.41) is 13.7. The maximum atomic E-state index is 9.54. The highest BCUT2D eigenvalue weighted by molar-refractivity contribution is 5.57. The summed E-state index contributed by atoms with van der Waals surface area (Å²) in [4.78, 5) is 6.84. The van der Waals surface area contributed by atoms with Crippen molar-refractivity contribution in [3.05, 3.63) is 71.0 Å². The Hall–Kier alpha value is -2.50. The molecular weight excluding hydrogens is 326 g/mol. The normalized spacial score (nSPS) is 16.2. The van der Waals surface area contributed by atoms with Crippen LogP contribution in [0.25, 0.3) is 11.5 Å². The van der Waals surface area contributed by atoms with Crippen molar-refractivity contribution in [3.63, 3.8) is 0 Å². The van der Waals surface area contributed by atoms with Crippen LogP contribution in [-0.2, 0) is 13.0 Å². The van der Waals surface area contributed by atoms with Crippen molar-refractivity contribution in [3.8, 4) is 11.5 Å². The van der Waals surface area contributed by atoms with Crippen LogP contribution in [0.4, 0.5) is 0 Å². The van der Waals surface area contributed by atoms with Gasteiger partial charge in [0.05, 0.1) is 13.2 Å². The molecule has 1 atom stereocenters. The van der Waals surface area contributed by atoms with Crippen LogP contribution in [-0.4, -0.2) is 33.3 Å². The molecule has 5 heteroatoms. The molecule has 0 saturated heterocycles. The summed E-state index contributed by atoms with van der Waals surface area (Å²) in [6.07, 6.45) is 2.13. The van der Waals surface area contributed by atoms with E-state index in [1.165, 1.54) is 11.1 Å². The third-order valence-electron chi connectivity index (χ3n) is 5.12. The highest BCUT2D eigenvalue weighted by Gasteiger charge is 2.28. The number of benzene rings is 2. The van der Waals surface area contributed by atoms with Crippen LogP contribution in [0.15, 0.2) is 53.1 Å². The minimum absolute atomic E-state index is 0.112. The maximum Gasteiger partial charge on any atom is 0.258 e. The summed E-state index contributed by atoms with van der Waals surface area (Å²) < 4.78 is 5.49. The van der Waals surface area contributed by atoms with Gasteiger partial charge in [0.1, 0.15) is 0 Å². The van der Waals surface area contributed by atoms with Gasteiger partial charge in [-0.2, -0.15) is 4.98 Å². The Morgan fingerprint density at radius 1 is 1.15 bits per heavy atom.